The number of carbonyl (C=O) groups is 1. The molecule has 0 aliphatic heterocycles. The zero-order chi connectivity index (χ0) is 6.69. The van der Waals surface area contributed by atoms with Crippen LogP contribution in [-0.4, -0.2) is 19.0 Å². The Hall–Kier alpha value is -0.770. The molecule has 0 aromatic heterocycles. The maximum absolute atomic E-state index is 10.4. The fraction of sp³-hybridized carbons (Fsp3) is 0.800. The summed E-state index contributed by atoms with van der Waals surface area (Å²) < 4.78 is 8.97. The molecule has 0 bridgehead atoms. The molecule has 1 fully saturated rings. The summed E-state index contributed by atoms with van der Waals surface area (Å²) in [5.74, 6) is 0. The van der Waals surface area contributed by atoms with E-state index in [0.29, 0.717) is 0 Å². The first-order valence-corrected chi connectivity index (χ1v) is 2.86. The molecule has 1 aliphatic carbocycles. The van der Waals surface area contributed by atoms with Crippen molar-refractivity contribution in [2.45, 2.75) is 18.9 Å². The van der Waals surface area contributed by atoms with Gasteiger partial charge in [0.05, 0.1) is 0 Å². The van der Waals surface area contributed by atoms with Gasteiger partial charge in [-0.15, -0.1) is 0 Å². The van der Waals surface area contributed by atoms with Crippen LogP contribution in [0.3, 0.4) is 0 Å². The van der Waals surface area contributed by atoms with Crippen LogP contribution in [0.2, 0.25) is 0 Å². The normalized spacial score (nSPS) is 17.0. The second kappa shape index (κ2) is 2.68. The molecule has 0 amide bonds. The van der Waals surface area contributed by atoms with Gasteiger partial charge in [0, 0.05) is 0 Å². The van der Waals surface area contributed by atoms with Gasteiger partial charge in [0.25, 0.3) is 0 Å². The molecular weight excluding hydrogens is 122 g/mol. The van der Waals surface area contributed by atoms with Gasteiger partial charge in [0.2, 0.25) is 0 Å². The topological polar surface area (TPSA) is 61.5 Å². The Balaban J connectivity index is 2.02. The molecular formula is C5H9NO3. The Kier molecular flexibility index (Phi) is 1.89. The highest BCUT2D eigenvalue weighted by Crippen LogP contribution is 2.23. The molecule has 0 aromatic carbocycles. The van der Waals surface area contributed by atoms with Gasteiger partial charge < -0.3 is 9.47 Å². The number of ether oxygens (including phenoxy) is 2. The summed E-state index contributed by atoms with van der Waals surface area (Å²) in [5.41, 5.74) is 4.90. The largest absolute Gasteiger partial charge is 0.509 e. The van der Waals surface area contributed by atoms with Crippen molar-refractivity contribution >= 4 is 6.16 Å². The average Bonchev–Trinajstić information content (AvgIpc) is 2.50. The Morgan fingerprint density at radius 2 is 2.33 bits per heavy atom. The highest BCUT2D eigenvalue weighted by molar-refractivity contribution is 5.60. The maximum Gasteiger partial charge on any atom is 0.509 e. The first-order valence-electron chi connectivity index (χ1n) is 2.86. The van der Waals surface area contributed by atoms with Gasteiger partial charge in [-0.05, 0) is 12.8 Å². The van der Waals surface area contributed by atoms with Gasteiger partial charge in [-0.1, -0.05) is 0 Å². The van der Waals surface area contributed by atoms with Crippen LogP contribution >= 0.6 is 0 Å². The van der Waals surface area contributed by atoms with E-state index in [-0.39, 0.29) is 12.8 Å². The number of carbonyl (C=O) groups excluding carboxylic acids is 1. The highest BCUT2D eigenvalue weighted by atomic mass is 16.7. The third-order valence-corrected chi connectivity index (χ3v) is 0.988. The lowest BCUT2D eigenvalue weighted by atomic mass is 10.8. The quantitative estimate of drug-likeness (QED) is 0.430. The van der Waals surface area contributed by atoms with Crippen LogP contribution in [-0.2, 0) is 9.47 Å². The van der Waals surface area contributed by atoms with Crippen LogP contribution < -0.4 is 5.73 Å². The molecule has 1 aliphatic rings. The molecule has 4 nitrogen and oxygen atoms in total. The van der Waals surface area contributed by atoms with E-state index in [9.17, 15) is 4.79 Å². The zero-order valence-electron chi connectivity index (χ0n) is 5.00. The summed E-state index contributed by atoms with van der Waals surface area (Å²) in [5, 5.41) is 0. The Morgan fingerprint density at radius 1 is 1.67 bits per heavy atom. The summed E-state index contributed by atoms with van der Waals surface area (Å²) >= 11 is 0. The lowest BCUT2D eigenvalue weighted by Crippen LogP contribution is -2.14. The van der Waals surface area contributed by atoms with Gasteiger partial charge in [0.15, 0.2) is 0 Å². The fourth-order valence-corrected chi connectivity index (χ4v) is 0.424. The second-order valence-electron chi connectivity index (χ2n) is 1.88. The van der Waals surface area contributed by atoms with Crippen molar-refractivity contribution in [1.82, 2.24) is 0 Å². The van der Waals surface area contributed by atoms with E-state index in [1.165, 1.54) is 0 Å². The molecule has 0 unspecified atom stereocenters. The minimum absolute atomic E-state index is 0.101. The van der Waals surface area contributed by atoms with Crippen molar-refractivity contribution in [3.63, 3.8) is 0 Å². The molecule has 4 heteroatoms. The molecule has 0 radical (unpaired) electrons. The van der Waals surface area contributed by atoms with Crippen molar-refractivity contribution in [2.75, 3.05) is 6.73 Å². The van der Waals surface area contributed by atoms with Crippen LogP contribution in [0.4, 0.5) is 4.79 Å². The third-order valence-electron chi connectivity index (χ3n) is 0.988. The summed E-state index contributed by atoms with van der Waals surface area (Å²) in [4.78, 5) is 10.4. The van der Waals surface area contributed by atoms with E-state index in [4.69, 9.17) is 5.73 Å². The summed E-state index contributed by atoms with van der Waals surface area (Å²) in [6.45, 7) is -0.106. The van der Waals surface area contributed by atoms with E-state index in [0.717, 1.165) is 12.8 Å². The van der Waals surface area contributed by atoms with E-state index in [1.54, 1.807) is 0 Å². The minimum Gasteiger partial charge on any atom is -0.431 e. The summed E-state index contributed by atoms with van der Waals surface area (Å²) in [6, 6.07) is 0. The molecule has 0 atom stereocenters. The maximum atomic E-state index is 10.4. The predicted octanol–water partition coefficient (Wildman–Crippen LogP) is 0.218. The molecule has 2 N–H and O–H groups in total. The van der Waals surface area contributed by atoms with Gasteiger partial charge in [-0.3, -0.25) is 5.73 Å². The smallest absolute Gasteiger partial charge is 0.431 e. The van der Waals surface area contributed by atoms with Gasteiger partial charge in [0.1, 0.15) is 12.8 Å². The summed E-state index contributed by atoms with van der Waals surface area (Å²) in [7, 11) is 0. The molecule has 9 heavy (non-hydrogen) atoms. The first kappa shape index (κ1) is 6.35. The van der Waals surface area contributed by atoms with Crippen molar-refractivity contribution in [3.05, 3.63) is 0 Å². The van der Waals surface area contributed by atoms with E-state index >= 15 is 0 Å². The lowest BCUT2D eigenvalue weighted by molar-refractivity contribution is 0.0516. The van der Waals surface area contributed by atoms with Gasteiger partial charge in [-0.25, -0.2) is 4.79 Å². The number of hydrogen-bond donors (Lipinski definition) is 1. The average molecular weight is 131 g/mol. The molecule has 1 rings (SSSR count). The molecule has 52 valence electrons. The van der Waals surface area contributed by atoms with Crippen LogP contribution in [0.25, 0.3) is 0 Å². The summed E-state index contributed by atoms with van der Waals surface area (Å²) in [6.07, 6.45) is 1.36. The molecule has 0 aromatic rings. The monoisotopic (exact) mass is 131 g/mol. The predicted molar refractivity (Wildman–Crippen MR) is 29.6 cm³/mol. The molecule has 0 heterocycles. The number of rotatable bonds is 2. The Bertz CT molecular complexity index is 111. The standard InChI is InChI=1S/C5H9NO3/c6-3-8-5(7)9-4-1-2-4/h4H,1-3,6H2. The zero-order valence-corrected chi connectivity index (χ0v) is 5.00. The van der Waals surface area contributed by atoms with Gasteiger partial charge >= 0.3 is 6.16 Å². The molecule has 0 saturated heterocycles. The van der Waals surface area contributed by atoms with E-state index in [1.807, 2.05) is 0 Å². The number of nitrogens with two attached hydrogens (primary N) is 1. The lowest BCUT2D eigenvalue weighted by Gasteiger charge is -1.99. The Labute approximate surface area is 52.9 Å². The van der Waals surface area contributed by atoms with Crippen molar-refractivity contribution in [2.24, 2.45) is 5.73 Å². The third kappa shape index (κ3) is 2.32. The van der Waals surface area contributed by atoms with Crippen LogP contribution in [0.1, 0.15) is 12.8 Å². The van der Waals surface area contributed by atoms with Gasteiger partial charge in [-0.2, -0.15) is 0 Å². The minimum atomic E-state index is -0.653. The molecule has 0 spiro atoms. The van der Waals surface area contributed by atoms with E-state index < -0.39 is 6.16 Å². The van der Waals surface area contributed by atoms with Crippen molar-refractivity contribution in [3.8, 4) is 0 Å². The SMILES string of the molecule is NCOC(=O)OC1CC1. The number of hydrogen-bond acceptors (Lipinski definition) is 4. The molecule has 1 saturated carbocycles. The van der Waals surface area contributed by atoms with E-state index in [2.05, 4.69) is 9.47 Å². The first-order chi connectivity index (χ1) is 4.33. The van der Waals surface area contributed by atoms with Crippen LogP contribution in [0, 0.1) is 0 Å². The van der Waals surface area contributed by atoms with Crippen molar-refractivity contribution in [1.29, 1.82) is 0 Å². The Morgan fingerprint density at radius 3 is 2.78 bits per heavy atom. The van der Waals surface area contributed by atoms with Crippen LogP contribution in [0.15, 0.2) is 0 Å². The highest BCUT2D eigenvalue weighted by Gasteiger charge is 2.26. The fourth-order valence-electron chi connectivity index (χ4n) is 0.424. The van der Waals surface area contributed by atoms with Crippen molar-refractivity contribution < 1.29 is 14.3 Å². The van der Waals surface area contributed by atoms with Crippen LogP contribution in [0.5, 0.6) is 0 Å². The second-order valence-corrected chi connectivity index (χ2v) is 1.88.